The van der Waals surface area contributed by atoms with Gasteiger partial charge in [-0.2, -0.15) is 0 Å². The summed E-state index contributed by atoms with van der Waals surface area (Å²) in [5.74, 6) is 0.916. The molecule has 0 aromatic heterocycles. The van der Waals surface area contributed by atoms with Gasteiger partial charge in [0.25, 0.3) is 0 Å². The van der Waals surface area contributed by atoms with E-state index in [0.29, 0.717) is 12.3 Å². The van der Waals surface area contributed by atoms with E-state index in [1.165, 1.54) is 13.0 Å². The molecular formula is C14H29N3O. The SMILES string of the molecule is CNCC(C)(C)CNC(=O)CCC1CCN(C)C1. The first-order valence-electron chi connectivity index (χ1n) is 7.03. The number of rotatable bonds is 7. The Kier molecular flexibility index (Phi) is 6.09. The number of nitrogens with zero attached hydrogens (tertiary/aromatic N) is 1. The van der Waals surface area contributed by atoms with E-state index in [1.807, 2.05) is 7.05 Å². The maximum atomic E-state index is 11.8. The molecule has 1 saturated heterocycles. The van der Waals surface area contributed by atoms with Crippen molar-refractivity contribution in [3.63, 3.8) is 0 Å². The van der Waals surface area contributed by atoms with Crippen molar-refractivity contribution in [1.29, 1.82) is 0 Å². The van der Waals surface area contributed by atoms with Gasteiger partial charge >= 0.3 is 0 Å². The average Bonchev–Trinajstić information content (AvgIpc) is 2.70. The monoisotopic (exact) mass is 255 g/mol. The zero-order chi connectivity index (χ0) is 13.6. The minimum Gasteiger partial charge on any atom is -0.356 e. The maximum absolute atomic E-state index is 11.8. The molecule has 1 fully saturated rings. The van der Waals surface area contributed by atoms with Crippen molar-refractivity contribution in [2.24, 2.45) is 11.3 Å². The molecule has 2 N–H and O–H groups in total. The van der Waals surface area contributed by atoms with Crippen LogP contribution >= 0.6 is 0 Å². The molecule has 1 aliphatic rings. The minimum absolute atomic E-state index is 0.123. The van der Waals surface area contributed by atoms with Gasteiger partial charge in [0, 0.05) is 26.1 Å². The molecule has 0 aliphatic carbocycles. The number of amides is 1. The Hall–Kier alpha value is -0.610. The summed E-state index contributed by atoms with van der Waals surface area (Å²) in [6.07, 6.45) is 2.95. The predicted molar refractivity (Wildman–Crippen MR) is 75.6 cm³/mol. The Bertz CT molecular complexity index is 266. The summed E-state index contributed by atoms with van der Waals surface area (Å²) in [6, 6.07) is 0. The molecule has 0 bridgehead atoms. The van der Waals surface area contributed by atoms with Crippen LogP contribution in [0.3, 0.4) is 0 Å². The second kappa shape index (κ2) is 7.10. The largest absolute Gasteiger partial charge is 0.356 e. The zero-order valence-electron chi connectivity index (χ0n) is 12.4. The Labute approximate surface area is 111 Å². The number of hydrogen-bond donors (Lipinski definition) is 2. The molecule has 106 valence electrons. The molecule has 0 spiro atoms. The normalized spacial score (nSPS) is 21.2. The summed E-state index contributed by atoms with van der Waals surface area (Å²) in [7, 11) is 4.10. The zero-order valence-corrected chi connectivity index (χ0v) is 12.4. The van der Waals surface area contributed by atoms with Crippen molar-refractivity contribution >= 4 is 5.91 Å². The molecule has 1 rings (SSSR count). The van der Waals surface area contributed by atoms with E-state index in [9.17, 15) is 4.79 Å². The van der Waals surface area contributed by atoms with Crippen LogP contribution in [0.2, 0.25) is 0 Å². The maximum Gasteiger partial charge on any atom is 0.220 e. The van der Waals surface area contributed by atoms with Crippen LogP contribution in [0.25, 0.3) is 0 Å². The fourth-order valence-electron chi connectivity index (χ4n) is 2.56. The second-order valence-corrected chi connectivity index (χ2v) is 6.43. The van der Waals surface area contributed by atoms with Crippen LogP contribution in [0.4, 0.5) is 0 Å². The molecule has 1 heterocycles. The molecule has 4 heteroatoms. The summed E-state index contributed by atoms with van der Waals surface area (Å²) >= 11 is 0. The second-order valence-electron chi connectivity index (χ2n) is 6.43. The predicted octanol–water partition coefficient (Wildman–Crippen LogP) is 1.08. The van der Waals surface area contributed by atoms with Crippen molar-refractivity contribution < 1.29 is 4.79 Å². The van der Waals surface area contributed by atoms with Gasteiger partial charge in [-0.05, 0) is 44.8 Å². The van der Waals surface area contributed by atoms with Gasteiger partial charge in [0.2, 0.25) is 5.91 Å². The van der Waals surface area contributed by atoms with E-state index < -0.39 is 0 Å². The van der Waals surface area contributed by atoms with Crippen LogP contribution in [-0.2, 0) is 4.79 Å². The molecule has 0 aromatic rings. The van der Waals surface area contributed by atoms with E-state index in [2.05, 4.69) is 36.4 Å². The van der Waals surface area contributed by atoms with Crippen molar-refractivity contribution in [3.05, 3.63) is 0 Å². The lowest BCUT2D eigenvalue weighted by atomic mass is 9.93. The fraction of sp³-hybridized carbons (Fsp3) is 0.929. The highest BCUT2D eigenvalue weighted by molar-refractivity contribution is 5.75. The van der Waals surface area contributed by atoms with E-state index in [4.69, 9.17) is 0 Å². The van der Waals surface area contributed by atoms with Crippen LogP contribution in [0.15, 0.2) is 0 Å². The number of likely N-dealkylation sites (tertiary alicyclic amines) is 1. The van der Waals surface area contributed by atoms with Gasteiger partial charge in [-0.3, -0.25) is 4.79 Å². The van der Waals surface area contributed by atoms with Crippen molar-refractivity contribution in [1.82, 2.24) is 15.5 Å². The molecule has 1 unspecified atom stereocenters. The first-order valence-corrected chi connectivity index (χ1v) is 7.03. The molecule has 0 saturated carbocycles. The lowest BCUT2D eigenvalue weighted by molar-refractivity contribution is -0.121. The van der Waals surface area contributed by atoms with Gasteiger partial charge < -0.3 is 15.5 Å². The lowest BCUT2D eigenvalue weighted by Gasteiger charge is -2.24. The van der Waals surface area contributed by atoms with Crippen LogP contribution in [0.5, 0.6) is 0 Å². The highest BCUT2D eigenvalue weighted by atomic mass is 16.1. The van der Waals surface area contributed by atoms with Gasteiger partial charge in [-0.25, -0.2) is 0 Å². The Morgan fingerprint density at radius 1 is 1.39 bits per heavy atom. The van der Waals surface area contributed by atoms with Crippen molar-refractivity contribution in [2.45, 2.75) is 33.1 Å². The summed E-state index contributed by atoms with van der Waals surface area (Å²) in [5.41, 5.74) is 0.123. The molecule has 1 aliphatic heterocycles. The number of carbonyl (C=O) groups is 1. The number of nitrogens with one attached hydrogen (secondary N) is 2. The van der Waals surface area contributed by atoms with Crippen molar-refractivity contribution in [2.75, 3.05) is 40.3 Å². The van der Waals surface area contributed by atoms with Crippen LogP contribution in [0.1, 0.15) is 33.1 Å². The van der Waals surface area contributed by atoms with Gasteiger partial charge in [0.15, 0.2) is 0 Å². The summed E-state index contributed by atoms with van der Waals surface area (Å²) in [4.78, 5) is 14.1. The van der Waals surface area contributed by atoms with Gasteiger partial charge in [-0.15, -0.1) is 0 Å². The molecule has 1 atom stereocenters. The Morgan fingerprint density at radius 3 is 2.67 bits per heavy atom. The third-order valence-electron chi connectivity index (χ3n) is 3.69. The molecule has 4 nitrogen and oxygen atoms in total. The van der Waals surface area contributed by atoms with Crippen LogP contribution < -0.4 is 10.6 Å². The summed E-state index contributed by atoms with van der Waals surface area (Å²) < 4.78 is 0. The first kappa shape index (κ1) is 15.4. The topological polar surface area (TPSA) is 44.4 Å². The Morgan fingerprint density at radius 2 is 2.11 bits per heavy atom. The van der Waals surface area contributed by atoms with E-state index in [-0.39, 0.29) is 11.3 Å². The summed E-state index contributed by atoms with van der Waals surface area (Å²) in [5, 5.41) is 6.21. The first-order chi connectivity index (χ1) is 8.43. The van der Waals surface area contributed by atoms with E-state index in [1.54, 1.807) is 0 Å². The molecule has 0 radical (unpaired) electrons. The highest BCUT2D eigenvalue weighted by Gasteiger charge is 2.21. The summed E-state index contributed by atoms with van der Waals surface area (Å²) in [6.45, 7) is 8.32. The number of hydrogen-bond acceptors (Lipinski definition) is 3. The molecule has 0 aromatic carbocycles. The molecule has 1 amide bonds. The quantitative estimate of drug-likeness (QED) is 0.715. The standard InChI is InChI=1S/C14H29N3O/c1-14(2,10-15-3)11-16-13(18)6-5-12-7-8-17(4)9-12/h12,15H,5-11H2,1-4H3,(H,16,18). The van der Waals surface area contributed by atoms with Gasteiger partial charge in [0.1, 0.15) is 0 Å². The fourth-order valence-corrected chi connectivity index (χ4v) is 2.56. The molecule has 18 heavy (non-hydrogen) atoms. The third-order valence-corrected chi connectivity index (χ3v) is 3.69. The van der Waals surface area contributed by atoms with E-state index in [0.717, 1.165) is 26.1 Å². The van der Waals surface area contributed by atoms with E-state index >= 15 is 0 Å². The highest BCUT2D eigenvalue weighted by Crippen LogP contribution is 2.19. The lowest BCUT2D eigenvalue weighted by Crippen LogP contribution is -2.39. The van der Waals surface area contributed by atoms with Crippen molar-refractivity contribution in [3.8, 4) is 0 Å². The van der Waals surface area contributed by atoms with Gasteiger partial charge in [-0.1, -0.05) is 13.8 Å². The average molecular weight is 255 g/mol. The molecular weight excluding hydrogens is 226 g/mol. The smallest absolute Gasteiger partial charge is 0.220 e. The van der Waals surface area contributed by atoms with Gasteiger partial charge in [0.05, 0.1) is 0 Å². The number of carbonyl (C=O) groups excluding carboxylic acids is 1. The minimum atomic E-state index is 0.123. The Balaban J connectivity index is 2.14. The third kappa shape index (κ3) is 5.83. The van der Waals surface area contributed by atoms with Crippen LogP contribution in [0, 0.1) is 11.3 Å². The van der Waals surface area contributed by atoms with Crippen LogP contribution in [-0.4, -0.2) is 51.1 Å².